The molecule has 4 rings (SSSR count). The summed E-state index contributed by atoms with van der Waals surface area (Å²) >= 11 is 0. The highest BCUT2D eigenvalue weighted by Gasteiger charge is 2.25. The quantitative estimate of drug-likeness (QED) is 0.792. The Labute approximate surface area is 157 Å². The molecule has 140 valence electrons. The monoisotopic (exact) mass is 366 g/mol. The maximum absolute atomic E-state index is 12.3. The van der Waals surface area contributed by atoms with Gasteiger partial charge in [0.2, 0.25) is 0 Å². The maximum atomic E-state index is 12.3. The van der Waals surface area contributed by atoms with Crippen molar-refractivity contribution in [2.75, 3.05) is 26.3 Å². The number of H-pyrrole nitrogens is 1. The first-order valence-corrected chi connectivity index (χ1v) is 8.97. The van der Waals surface area contributed by atoms with Gasteiger partial charge in [-0.2, -0.15) is 5.10 Å². The van der Waals surface area contributed by atoms with Crippen molar-refractivity contribution in [2.24, 2.45) is 5.10 Å². The summed E-state index contributed by atoms with van der Waals surface area (Å²) in [5.41, 5.74) is 8.76. The van der Waals surface area contributed by atoms with Crippen LogP contribution in [-0.2, 0) is 16.1 Å². The lowest BCUT2D eigenvalue weighted by Gasteiger charge is -2.26. The van der Waals surface area contributed by atoms with E-state index in [1.54, 1.807) is 12.4 Å². The van der Waals surface area contributed by atoms with Crippen molar-refractivity contribution in [2.45, 2.75) is 20.4 Å². The first-order chi connectivity index (χ1) is 13.1. The number of hydrogen-bond acceptors (Lipinski definition) is 6. The van der Waals surface area contributed by atoms with Crippen LogP contribution in [0.1, 0.15) is 28.1 Å². The zero-order valence-corrected chi connectivity index (χ0v) is 15.5. The molecule has 8 nitrogen and oxygen atoms in total. The molecule has 0 unspecified atom stereocenters. The Kier molecular flexibility index (Phi) is 4.83. The van der Waals surface area contributed by atoms with Crippen LogP contribution >= 0.6 is 0 Å². The van der Waals surface area contributed by atoms with E-state index in [1.807, 2.05) is 6.08 Å². The number of amides is 1. The summed E-state index contributed by atoms with van der Waals surface area (Å²) in [5, 5.41) is 4.15. The van der Waals surface area contributed by atoms with Gasteiger partial charge >= 0.3 is 0 Å². The Hall–Kier alpha value is -2.84. The van der Waals surface area contributed by atoms with Gasteiger partial charge in [0, 0.05) is 49.0 Å². The van der Waals surface area contributed by atoms with E-state index in [0.717, 1.165) is 49.8 Å². The smallest absolute Gasteiger partial charge is 0.273 e. The van der Waals surface area contributed by atoms with Gasteiger partial charge in [-0.05, 0) is 31.1 Å². The van der Waals surface area contributed by atoms with Gasteiger partial charge in [0.25, 0.3) is 5.91 Å². The number of aromatic amines is 1. The largest absolute Gasteiger partial charge is 0.379 e. The average molecular weight is 366 g/mol. The number of nitrogens with one attached hydrogen (secondary N) is 2. The van der Waals surface area contributed by atoms with E-state index in [4.69, 9.17) is 4.74 Å². The van der Waals surface area contributed by atoms with E-state index in [1.165, 1.54) is 11.9 Å². The minimum atomic E-state index is -0.227. The summed E-state index contributed by atoms with van der Waals surface area (Å²) in [6.45, 7) is 8.46. The second-order valence-corrected chi connectivity index (χ2v) is 6.74. The third kappa shape index (κ3) is 3.54. The first-order valence-electron chi connectivity index (χ1n) is 8.97. The molecule has 2 aliphatic heterocycles. The van der Waals surface area contributed by atoms with Crippen LogP contribution in [0.2, 0.25) is 0 Å². The van der Waals surface area contributed by atoms with Crippen molar-refractivity contribution in [3.8, 4) is 0 Å². The molecule has 0 bridgehead atoms. The van der Waals surface area contributed by atoms with Gasteiger partial charge in [-0.1, -0.05) is 0 Å². The number of carbonyl (C=O) groups is 1. The van der Waals surface area contributed by atoms with Crippen molar-refractivity contribution in [1.29, 1.82) is 0 Å². The maximum Gasteiger partial charge on any atom is 0.273 e. The third-order valence-corrected chi connectivity index (χ3v) is 5.01. The van der Waals surface area contributed by atoms with Gasteiger partial charge in [-0.3, -0.25) is 9.69 Å². The SMILES string of the molecule is Cc1[nH]c(C=C2C(=O)NN=C2c2cncnc2)c(C)c1CN1CCOCC1. The Morgan fingerprint density at radius 2 is 1.96 bits per heavy atom. The zero-order valence-electron chi connectivity index (χ0n) is 15.5. The summed E-state index contributed by atoms with van der Waals surface area (Å²) in [6.07, 6.45) is 6.61. The van der Waals surface area contributed by atoms with E-state index in [-0.39, 0.29) is 5.91 Å². The van der Waals surface area contributed by atoms with Gasteiger partial charge in [0.05, 0.1) is 18.8 Å². The molecular weight excluding hydrogens is 344 g/mol. The number of nitrogens with zero attached hydrogens (tertiary/aromatic N) is 4. The molecule has 0 atom stereocenters. The number of carbonyl (C=O) groups excluding carboxylic acids is 1. The van der Waals surface area contributed by atoms with E-state index in [0.29, 0.717) is 16.8 Å². The molecule has 8 heteroatoms. The van der Waals surface area contributed by atoms with Crippen molar-refractivity contribution < 1.29 is 9.53 Å². The topological polar surface area (TPSA) is 95.5 Å². The third-order valence-electron chi connectivity index (χ3n) is 5.01. The van der Waals surface area contributed by atoms with E-state index >= 15 is 0 Å². The van der Waals surface area contributed by atoms with E-state index in [2.05, 4.69) is 44.2 Å². The number of aromatic nitrogens is 3. The fourth-order valence-electron chi connectivity index (χ4n) is 3.43. The van der Waals surface area contributed by atoms with Crippen molar-refractivity contribution >= 4 is 17.7 Å². The predicted octanol–water partition coefficient (Wildman–Crippen LogP) is 1.17. The Morgan fingerprint density at radius 3 is 2.70 bits per heavy atom. The molecule has 0 saturated carbocycles. The predicted molar refractivity (Wildman–Crippen MR) is 101 cm³/mol. The summed E-state index contributed by atoms with van der Waals surface area (Å²) in [5.74, 6) is -0.227. The number of hydrogen-bond donors (Lipinski definition) is 2. The highest BCUT2D eigenvalue weighted by Crippen LogP contribution is 2.24. The molecule has 2 N–H and O–H groups in total. The van der Waals surface area contributed by atoms with Crippen LogP contribution in [0.3, 0.4) is 0 Å². The van der Waals surface area contributed by atoms with E-state index < -0.39 is 0 Å². The van der Waals surface area contributed by atoms with Crippen LogP contribution < -0.4 is 5.43 Å². The Morgan fingerprint density at radius 1 is 1.22 bits per heavy atom. The van der Waals surface area contributed by atoms with E-state index in [9.17, 15) is 4.79 Å². The Bertz CT molecular complexity index is 910. The Balaban J connectivity index is 1.64. The average Bonchev–Trinajstić information content (AvgIpc) is 3.18. The lowest BCUT2D eigenvalue weighted by molar-refractivity contribution is -0.116. The van der Waals surface area contributed by atoms with Gasteiger partial charge < -0.3 is 9.72 Å². The molecule has 4 heterocycles. The minimum Gasteiger partial charge on any atom is -0.379 e. The van der Waals surface area contributed by atoms with Crippen LogP contribution in [0, 0.1) is 13.8 Å². The lowest BCUT2D eigenvalue weighted by Crippen LogP contribution is -2.35. The number of morpholine rings is 1. The number of rotatable bonds is 4. The number of aryl methyl sites for hydroxylation is 1. The summed E-state index contributed by atoms with van der Waals surface area (Å²) < 4.78 is 5.43. The zero-order chi connectivity index (χ0) is 18.8. The lowest BCUT2D eigenvalue weighted by atomic mass is 10.0. The highest BCUT2D eigenvalue weighted by molar-refractivity contribution is 6.33. The second-order valence-electron chi connectivity index (χ2n) is 6.74. The van der Waals surface area contributed by atoms with Gasteiger partial charge in [0.1, 0.15) is 12.0 Å². The molecule has 1 amide bonds. The molecule has 1 saturated heterocycles. The molecular formula is C19H22N6O2. The van der Waals surface area contributed by atoms with Crippen molar-refractivity contribution in [3.05, 3.63) is 52.4 Å². The molecule has 2 aromatic heterocycles. The van der Waals surface area contributed by atoms with Gasteiger partial charge in [0.15, 0.2) is 0 Å². The molecule has 0 radical (unpaired) electrons. The summed E-state index contributed by atoms with van der Waals surface area (Å²) in [4.78, 5) is 26.2. The molecule has 2 aliphatic rings. The molecule has 0 spiro atoms. The first kappa shape index (κ1) is 17.6. The van der Waals surface area contributed by atoms with Crippen LogP contribution in [0.15, 0.2) is 29.4 Å². The van der Waals surface area contributed by atoms with Crippen LogP contribution in [0.25, 0.3) is 6.08 Å². The normalized spacial score (nSPS) is 19.4. The minimum absolute atomic E-state index is 0.227. The van der Waals surface area contributed by atoms with Gasteiger partial charge in [-0.25, -0.2) is 15.4 Å². The standard InChI is InChI=1S/C19H22N6O2/c1-12-16(10-25-3-5-27-6-4-25)13(2)22-17(12)7-15-18(23-24-19(15)26)14-8-20-11-21-9-14/h7-9,11,22H,3-6,10H2,1-2H3,(H,24,26). The number of hydrazone groups is 1. The molecule has 1 fully saturated rings. The fourth-order valence-corrected chi connectivity index (χ4v) is 3.43. The van der Waals surface area contributed by atoms with Crippen LogP contribution in [0.4, 0.5) is 0 Å². The van der Waals surface area contributed by atoms with Crippen LogP contribution in [0.5, 0.6) is 0 Å². The van der Waals surface area contributed by atoms with Crippen molar-refractivity contribution in [1.82, 2.24) is 25.3 Å². The molecule has 2 aromatic rings. The fraction of sp³-hybridized carbons (Fsp3) is 0.368. The number of ether oxygens (including phenoxy) is 1. The van der Waals surface area contributed by atoms with Crippen LogP contribution in [-0.4, -0.2) is 57.8 Å². The molecule has 27 heavy (non-hydrogen) atoms. The second kappa shape index (κ2) is 7.42. The van der Waals surface area contributed by atoms with Gasteiger partial charge in [-0.15, -0.1) is 0 Å². The molecule has 0 aliphatic carbocycles. The van der Waals surface area contributed by atoms with Crippen molar-refractivity contribution in [3.63, 3.8) is 0 Å². The summed E-state index contributed by atoms with van der Waals surface area (Å²) in [6, 6.07) is 0. The highest BCUT2D eigenvalue weighted by atomic mass is 16.5. The summed E-state index contributed by atoms with van der Waals surface area (Å²) in [7, 11) is 0. The molecule has 0 aromatic carbocycles.